The van der Waals surface area contributed by atoms with E-state index in [9.17, 15) is 20.0 Å². The van der Waals surface area contributed by atoms with Crippen LogP contribution in [0.25, 0.3) is 16.8 Å². The number of hydrogen-bond acceptors (Lipinski definition) is 5. The van der Waals surface area contributed by atoms with Crippen molar-refractivity contribution >= 4 is 55.9 Å². The topological polar surface area (TPSA) is 98.5 Å². The molecule has 1 heterocycles. The van der Waals surface area contributed by atoms with E-state index >= 15 is 0 Å². The minimum atomic E-state index is -0.796. The normalized spacial score (nSPS) is 11.1. The highest BCUT2D eigenvalue weighted by molar-refractivity contribution is 9.10. The van der Waals surface area contributed by atoms with Gasteiger partial charge in [0.2, 0.25) is 0 Å². The highest BCUT2D eigenvalue weighted by atomic mass is 79.9. The zero-order chi connectivity index (χ0) is 16.9. The van der Waals surface area contributed by atoms with E-state index in [0.29, 0.717) is 4.47 Å². The quantitative estimate of drug-likeness (QED) is 0.494. The molecule has 0 saturated heterocycles. The first kappa shape index (κ1) is 15.9. The molecule has 1 N–H and O–H groups in total. The van der Waals surface area contributed by atoms with Crippen molar-refractivity contribution in [3.05, 3.63) is 59.4 Å². The van der Waals surface area contributed by atoms with E-state index in [2.05, 4.69) is 15.9 Å². The summed E-state index contributed by atoms with van der Waals surface area (Å²) in [5, 5.41) is 20.3. The summed E-state index contributed by atoms with van der Waals surface area (Å²) in [6, 6.07) is 4.88. The SMILES string of the molecule is O=c1oc2cc(O)c(Br)cc2n1-c1c(Cl)cc([N+](=O)[O-])cc1Cl. The average molecular weight is 420 g/mol. The number of aromatic hydroxyl groups is 1. The number of phenols is 1. The molecule has 0 unspecified atom stereocenters. The van der Waals surface area contributed by atoms with Crippen LogP contribution < -0.4 is 5.76 Å². The first-order valence-electron chi connectivity index (χ1n) is 5.97. The summed E-state index contributed by atoms with van der Waals surface area (Å²) in [5.74, 6) is -0.908. The van der Waals surface area contributed by atoms with Crippen LogP contribution in [0, 0.1) is 10.1 Å². The fourth-order valence-electron chi connectivity index (χ4n) is 2.11. The lowest BCUT2D eigenvalue weighted by Gasteiger charge is -2.08. The molecular formula is C13H5BrCl2N2O5. The van der Waals surface area contributed by atoms with Gasteiger partial charge in [-0.3, -0.25) is 10.1 Å². The van der Waals surface area contributed by atoms with Crippen LogP contribution in [0.5, 0.6) is 5.75 Å². The van der Waals surface area contributed by atoms with Crippen LogP contribution in [0.2, 0.25) is 10.0 Å². The number of phenolic OH excluding ortho intramolecular Hbond substituents is 1. The summed E-state index contributed by atoms with van der Waals surface area (Å²) in [7, 11) is 0. The Kier molecular flexibility index (Phi) is 3.83. The van der Waals surface area contributed by atoms with Crippen LogP contribution in [0.4, 0.5) is 5.69 Å². The summed E-state index contributed by atoms with van der Waals surface area (Å²) >= 11 is 15.3. The first-order chi connectivity index (χ1) is 10.8. The Labute approximate surface area is 145 Å². The van der Waals surface area contributed by atoms with Gasteiger partial charge in [-0.05, 0) is 22.0 Å². The van der Waals surface area contributed by atoms with Gasteiger partial charge in [-0.2, -0.15) is 0 Å². The molecule has 0 saturated carbocycles. The number of non-ortho nitro benzene ring substituents is 1. The maximum absolute atomic E-state index is 12.1. The van der Waals surface area contributed by atoms with Crippen LogP contribution in [0.1, 0.15) is 0 Å². The molecule has 118 valence electrons. The fraction of sp³-hybridized carbons (Fsp3) is 0. The Morgan fingerprint density at radius 1 is 1.22 bits per heavy atom. The standard InChI is InChI=1S/C13H5BrCl2N2O5/c14-6-3-9-11(4-10(6)19)23-13(20)17(9)12-7(15)1-5(18(21)22)2-8(12)16/h1-4,19H. The summed E-state index contributed by atoms with van der Waals surface area (Å²) < 4.78 is 6.46. The monoisotopic (exact) mass is 418 g/mol. The predicted octanol–water partition coefficient (Wildman–Crippen LogP) is 4.27. The number of oxazole rings is 1. The summed E-state index contributed by atoms with van der Waals surface area (Å²) in [4.78, 5) is 22.3. The van der Waals surface area contributed by atoms with Gasteiger partial charge in [0.25, 0.3) is 5.69 Å². The van der Waals surface area contributed by atoms with E-state index in [1.807, 2.05) is 0 Å². The van der Waals surface area contributed by atoms with Crippen molar-refractivity contribution in [2.75, 3.05) is 0 Å². The number of nitrogens with zero attached hydrogens (tertiary/aromatic N) is 2. The minimum Gasteiger partial charge on any atom is -0.507 e. The van der Waals surface area contributed by atoms with E-state index < -0.39 is 10.7 Å². The van der Waals surface area contributed by atoms with Crippen LogP contribution in [0.15, 0.2) is 37.9 Å². The van der Waals surface area contributed by atoms with Gasteiger partial charge in [0, 0.05) is 18.2 Å². The van der Waals surface area contributed by atoms with Crippen molar-refractivity contribution in [3.8, 4) is 11.4 Å². The smallest absolute Gasteiger partial charge is 0.424 e. The van der Waals surface area contributed by atoms with Gasteiger partial charge in [-0.25, -0.2) is 9.36 Å². The molecule has 7 nitrogen and oxygen atoms in total. The van der Waals surface area contributed by atoms with Gasteiger partial charge >= 0.3 is 5.76 Å². The third-order valence-corrected chi connectivity index (χ3v) is 4.30. The van der Waals surface area contributed by atoms with E-state index in [1.54, 1.807) is 0 Å². The van der Waals surface area contributed by atoms with Crippen molar-refractivity contribution < 1.29 is 14.4 Å². The number of rotatable bonds is 2. The summed E-state index contributed by atoms with van der Waals surface area (Å²) in [6.45, 7) is 0. The number of fused-ring (bicyclic) bond motifs is 1. The zero-order valence-electron chi connectivity index (χ0n) is 10.9. The number of nitro benzene ring substituents is 1. The molecule has 3 rings (SSSR count). The van der Waals surface area contributed by atoms with E-state index in [4.69, 9.17) is 27.6 Å². The summed E-state index contributed by atoms with van der Waals surface area (Å²) in [5.41, 5.74) is 0.155. The molecule has 0 aliphatic carbocycles. The largest absolute Gasteiger partial charge is 0.507 e. The third kappa shape index (κ3) is 2.58. The van der Waals surface area contributed by atoms with Crippen LogP contribution in [0.3, 0.4) is 0 Å². The van der Waals surface area contributed by atoms with Gasteiger partial charge in [0.1, 0.15) is 5.75 Å². The molecule has 0 bridgehead atoms. The second kappa shape index (κ2) is 5.55. The van der Waals surface area contributed by atoms with Crippen LogP contribution >= 0.6 is 39.1 Å². The minimum absolute atomic E-state index is 0.0558. The molecule has 23 heavy (non-hydrogen) atoms. The van der Waals surface area contributed by atoms with Crippen LogP contribution in [-0.2, 0) is 0 Å². The molecule has 2 aromatic carbocycles. The average Bonchev–Trinajstić information content (AvgIpc) is 2.75. The molecule has 0 aliphatic rings. The van der Waals surface area contributed by atoms with Crippen LogP contribution in [-0.4, -0.2) is 14.6 Å². The maximum Gasteiger partial charge on any atom is 0.424 e. The van der Waals surface area contributed by atoms with Gasteiger partial charge in [-0.1, -0.05) is 23.2 Å². The Hall–Kier alpha value is -2.03. The lowest BCUT2D eigenvalue weighted by atomic mass is 10.2. The van der Waals surface area contributed by atoms with Crippen molar-refractivity contribution in [2.24, 2.45) is 0 Å². The number of hydrogen-bond donors (Lipinski definition) is 1. The van der Waals surface area contributed by atoms with Gasteiger partial charge in [-0.15, -0.1) is 0 Å². The van der Waals surface area contributed by atoms with Crippen molar-refractivity contribution in [1.82, 2.24) is 4.57 Å². The lowest BCUT2D eigenvalue weighted by Crippen LogP contribution is -2.13. The Balaban J connectivity index is 2.38. The second-order valence-electron chi connectivity index (χ2n) is 4.49. The molecule has 0 spiro atoms. The zero-order valence-corrected chi connectivity index (χ0v) is 14.0. The lowest BCUT2D eigenvalue weighted by molar-refractivity contribution is -0.384. The third-order valence-electron chi connectivity index (χ3n) is 3.09. The highest BCUT2D eigenvalue weighted by Gasteiger charge is 2.21. The molecule has 0 amide bonds. The molecule has 1 aromatic heterocycles. The number of aromatic nitrogens is 1. The Morgan fingerprint density at radius 2 is 1.83 bits per heavy atom. The van der Waals surface area contributed by atoms with Gasteiger partial charge in [0.05, 0.1) is 30.6 Å². The highest BCUT2D eigenvalue weighted by Crippen LogP contribution is 2.36. The molecule has 0 radical (unpaired) electrons. The molecular weight excluding hydrogens is 415 g/mol. The second-order valence-corrected chi connectivity index (χ2v) is 6.16. The fourth-order valence-corrected chi connectivity index (χ4v) is 3.09. The number of benzene rings is 2. The predicted molar refractivity (Wildman–Crippen MR) is 87.9 cm³/mol. The summed E-state index contributed by atoms with van der Waals surface area (Å²) in [6.07, 6.45) is 0. The molecule has 10 heteroatoms. The van der Waals surface area contributed by atoms with Crippen molar-refractivity contribution in [1.29, 1.82) is 0 Å². The van der Waals surface area contributed by atoms with Gasteiger partial charge < -0.3 is 9.52 Å². The van der Waals surface area contributed by atoms with E-state index in [1.165, 1.54) is 12.1 Å². The van der Waals surface area contributed by atoms with E-state index in [0.717, 1.165) is 16.7 Å². The number of nitro groups is 1. The van der Waals surface area contributed by atoms with Crippen molar-refractivity contribution in [3.63, 3.8) is 0 Å². The van der Waals surface area contributed by atoms with Gasteiger partial charge in [0.15, 0.2) is 5.58 Å². The Bertz CT molecular complexity index is 1000. The molecule has 0 aliphatic heterocycles. The number of halogens is 3. The molecule has 3 aromatic rings. The molecule has 0 atom stereocenters. The van der Waals surface area contributed by atoms with Crippen molar-refractivity contribution in [2.45, 2.75) is 0 Å². The first-order valence-corrected chi connectivity index (χ1v) is 7.52. The van der Waals surface area contributed by atoms with E-state index in [-0.39, 0.29) is 38.3 Å². The Morgan fingerprint density at radius 3 is 2.39 bits per heavy atom. The maximum atomic E-state index is 12.1. The molecule has 0 fully saturated rings.